The molecule has 1 heterocycles. The van der Waals surface area contributed by atoms with Gasteiger partial charge >= 0.3 is 0 Å². The number of Topliss-reactive ketones (excluding diaryl/α,β-unsaturated/α-hetero) is 1. The third kappa shape index (κ3) is 3.38. The Morgan fingerprint density at radius 1 is 1.35 bits per heavy atom. The Bertz CT molecular complexity index is 447. The van der Waals surface area contributed by atoms with Crippen molar-refractivity contribution in [1.29, 1.82) is 0 Å². The molecule has 0 bridgehead atoms. The maximum Gasteiger partial charge on any atom is 0.173 e. The minimum Gasteiger partial charge on any atom is -0.493 e. The van der Waals surface area contributed by atoms with E-state index in [1.54, 1.807) is 0 Å². The molecule has 0 aromatic heterocycles. The van der Waals surface area contributed by atoms with Crippen LogP contribution in [-0.4, -0.2) is 38.2 Å². The van der Waals surface area contributed by atoms with E-state index in [0.717, 1.165) is 13.0 Å². The van der Waals surface area contributed by atoms with E-state index in [4.69, 9.17) is 9.47 Å². The molecule has 0 aliphatic carbocycles. The van der Waals surface area contributed by atoms with E-state index in [2.05, 4.69) is 12.2 Å². The SMILES string of the molecule is CCCNC1COCC1C(=O)c1ccccc1OCC. The standard InChI is InChI=1S/C16H23NO3/c1-3-9-17-14-11-19-10-13(14)16(18)12-7-5-6-8-15(12)20-4-2/h5-8,13-14,17H,3-4,9-11H2,1-2H3. The second-order valence-corrected chi connectivity index (χ2v) is 5.00. The molecule has 0 saturated carbocycles. The topological polar surface area (TPSA) is 47.6 Å². The van der Waals surface area contributed by atoms with Crippen molar-refractivity contribution in [2.45, 2.75) is 26.3 Å². The number of ketones is 1. The maximum atomic E-state index is 12.7. The van der Waals surface area contributed by atoms with E-state index >= 15 is 0 Å². The predicted molar refractivity (Wildman–Crippen MR) is 78.3 cm³/mol. The van der Waals surface area contributed by atoms with Gasteiger partial charge in [-0.15, -0.1) is 0 Å². The number of benzene rings is 1. The van der Waals surface area contributed by atoms with Gasteiger partial charge in [0.1, 0.15) is 5.75 Å². The van der Waals surface area contributed by atoms with Crippen molar-refractivity contribution in [1.82, 2.24) is 5.32 Å². The third-order valence-corrected chi connectivity index (χ3v) is 3.53. The lowest BCUT2D eigenvalue weighted by Crippen LogP contribution is -2.39. The van der Waals surface area contributed by atoms with E-state index in [1.807, 2.05) is 31.2 Å². The van der Waals surface area contributed by atoms with Gasteiger partial charge in [-0.25, -0.2) is 0 Å². The molecule has 0 amide bonds. The van der Waals surface area contributed by atoms with Crippen LogP contribution < -0.4 is 10.1 Å². The van der Waals surface area contributed by atoms with Crippen LogP contribution in [0.4, 0.5) is 0 Å². The van der Waals surface area contributed by atoms with Gasteiger partial charge in [0.25, 0.3) is 0 Å². The fraction of sp³-hybridized carbons (Fsp3) is 0.562. The first kappa shape index (κ1) is 15.0. The first-order valence-corrected chi connectivity index (χ1v) is 7.35. The van der Waals surface area contributed by atoms with Gasteiger partial charge in [0, 0.05) is 6.04 Å². The highest BCUT2D eigenvalue weighted by molar-refractivity contribution is 6.01. The minimum absolute atomic E-state index is 0.108. The summed E-state index contributed by atoms with van der Waals surface area (Å²) >= 11 is 0. The zero-order valence-electron chi connectivity index (χ0n) is 12.2. The highest BCUT2D eigenvalue weighted by Gasteiger charge is 2.35. The van der Waals surface area contributed by atoms with Crippen molar-refractivity contribution >= 4 is 5.78 Å². The smallest absolute Gasteiger partial charge is 0.173 e. The minimum atomic E-state index is -0.122. The van der Waals surface area contributed by atoms with Gasteiger partial charge in [0.05, 0.1) is 31.3 Å². The maximum absolute atomic E-state index is 12.7. The van der Waals surface area contributed by atoms with E-state index < -0.39 is 0 Å². The van der Waals surface area contributed by atoms with E-state index in [1.165, 1.54) is 0 Å². The van der Waals surface area contributed by atoms with Crippen molar-refractivity contribution in [3.05, 3.63) is 29.8 Å². The molecule has 1 fully saturated rings. The number of para-hydroxylation sites is 1. The molecule has 0 spiro atoms. The Labute approximate surface area is 120 Å². The second kappa shape index (κ2) is 7.41. The van der Waals surface area contributed by atoms with E-state index in [9.17, 15) is 4.79 Å². The van der Waals surface area contributed by atoms with Gasteiger partial charge < -0.3 is 14.8 Å². The highest BCUT2D eigenvalue weighted by atomic mass is 16.5. The molecule has 1 aliphatic rings. The Kier molecular flexibility index (Phi) is 5.56. The molecule has 20 heavy (non-hydrogen) atoms. The summed E-state index contributed by atoms with van der Waals surface area (Å²) < 4.78 is 11.0. The van der Waals surface area contributed by atoms with Gasteiger partial charge in [-0.3, -0.25) is 4.79 Å². The summed E-state index contributed by atoms with van der Waals surface area (Å²) in [6.07, 6.45) is 1.05. The van der Waals surface area contributed by atoms with E-state index in [-0.39, 0.29) is 17.7 Å². The summed E-state index contributed by atoms with van der Waals surface area (Å²) in [4.78, 5) is 12.7. The van der Waals surface area contributed by atoms with Crippen LogP contribution in [0.1, 0.15) is 30.6 Å². The average molecular weight is 277 g/mol. The third-order valence-electron chi connectivity index (χ3n) is 3.53. The predicted octanol–water partition coefficient (Wildman–Crippen LogP) is 2.28. The van der Waals surface area contributed by atoms with Crippen molar-refractivity contribution in [3.63, 3.8) is 0 Å². The lowest BCUT2D eigenvalue weighted by molar-refractivity contribution is 0.0887. The molecule has 110 valence electrons. The molecule has 2 atom stereocenters. The molecule has 1 aliphatic heterocycles. The number of rotatable bonds is 7. The molecule has 2 rings (SSSR count). The molecule has 0 radical (unpaired) electrons. The quantitative estimate of drug-likeness (QED) is 0.777. The molecule has 4 nitrogen and oxygen atoms in total. The Balaban J connectivity index is 2.13. The van der Waals surface area contributed by atoms with Crippen LogP contribution in [-0.2, 0) is 4.74 Å². The fourth-order valence-electron chi connectivity index (χ4n) is 2.49. The Morgan fingerprint density at radius 3 is 2.90 bits per heavy atom. The largest absolute Gasteiger partial charge is 0.493 e. The van der Waals surface area contributed by atoms with Gasteiger partial charge in [-0.1, -0.05) is 19.1 Å². The van der Waals surface area contributed by atoms with Crippen LogP contribution in [0, 0.1) is 5.92 Å². The molecule has 1 saturated heterocycles. The zero-order chi connectivity index (χ0) is 14.4. The summed E-state index contributed by atoms with van der Waals surface area (Å²) in [6, 6.07) is 7.56. The van der Waals surface area contributed by atoms with Crippen LogP contribution in [0.3, 0.4) is 0 Å². The molecule has 1 aromatic rings. The number of ether oxygens (including phenoxy) is 2. The lowest BCUT2D eigenvalue weighted by Gasteiger charge is -2.19. The molecular formula is C16H23NO3. The summed E-state index contributed by atoms with van der Waals surface area (Å²) in [6.45, 7) is 6.59. The van der Waals surface area contributed by atoms with Crippen molar-refractivity contribution in [3.8, 4) is 5.75 Å². The molecule has 1 N–H and O–H groups in total. The molecular weight excluding hydrogens is 254 g/mol. The lowest BCUT2D eigenvalue weighted by atomic mass is 9.92. The van der Waals surface area contributed by atoms with Gasteiger partial charge in [0.15, 0.2) is 5.78 Å². The van der Waals surface area contributed by atoms with Gasteiger partial charge in [-0.2, -0.15) is 0 Å². The Hall–Kier alpha value is -1.39. The number of nitrogens with one attached hydrogen (secondary N) is 1. The number of hydrogen-bond acceptors (Lipinski definition) is 4. The van der Waals surface area contributed by atoms with Crippen molar-refractivity contribution in [2.75, 3.05) is 26.4 Å². The molecule has 2 unspecified atom stereocenters. The molecule has 1 aromatic carbocycles. The number of carbonyl (C=O) groups is 1. The first-order valence-electron chi connectivity index (χ1n) is 7.35. The number of hydrogen-bond donors (Lipinski definition) is 1. The van der Waals surface area contributed by atoms with Crippen LogP contribution in [0.15, 0.2) is 24.3 Å². The fourth-order valence-corrected chi connectivity index (χ4v) is 2.49. The number of carbonyl (C=O) groups excluding carboxylic acids is 1. The van der Waals surface area contributed by atoms with Crippen molar-refractivity contribution in [2.24, 2.45) is 5.92 Å². The van der Waals surface area contributed by atoms with Crippen LogP contribution in [0.5, 0.6) is 5.75 Å². The zero-order valence-corrected chi connectivity index (χ0v) is 12.2. The van der Waals surface area contributed by atoms with Crippen molar-refractivity contribution < 1.29 is 14.3 Å². The first-order chi connectivity index (χ1) is 9.77. The van der Waals surface area contributed by atoms with E-state index in [0.29, 0.717) is 31.1 Å². The highest BCUT2D eigenvalue weighted by Crippen LogP contribution is 2.25. The summed E-state index contributed by atoms with van der Waals surface area (Å²) in [5, 5.41) is 3.40. The van der Waals surface area contributed by atoms with Crippen LogP contribution >= 0.6 is 0 Å². The monoisotopic (exact) mass is 277 g/mol. The van der Waals surface area contributed by atoms with Gasteiger partial charge in [0.2, 0.25) is 0 Å². The van der Waals surface area contributed by atoms with Crippen LogP contribution in [0.2, 0.25) is 0 Å². The van der Waals surface area contributed by atoms with Gasteiger partial charge in [-0.05, 0) is 32.0 Å². The summed E-state index contributed by atoms with van der Waals surface area (Å²) in [5.41, 5.74) is 0.660. The average Bonchev–Trinajstić information content (AvgIpc) is 2.93. The summed E-state index contributed by atoms with van der Waals surface area (Å²) in [7, 11) is 0. The second-order valence-electron chi connectivity index (χ2n) is 5.00. The summed E-state index contributed by atoms with van der Waals surface area (Å²) in [5.74, 6) is 0.657. The normalized spacial score (nSPS) is 21.9. The van der Waals surface area contributed by atoms with Crippen LogP contribution in [0.25, 0.3) is 0 Å². The molecule has 4 heteroatoms. The Morgan fingerprint density at radius 2 is 2.15 bits per heavy atom.